The summed E-state index contributed by atoms with van der Waals surface area (Å²) in [6, 6.07) is 7.45. The van der Waals surface area contributed by atoms with Crippen molar-refractivity contribution >= 4 is 5.57 Å². The molecule has 78 valence electrons. The number of hydrogen-bond acceptors (Lipinski definition) is 0. The zero-order chi connectivity index (χ0) is 10.1. The molecule has 0 spiro atoms. The van der Waals surface area contributed by atoms with Crippen LogP contribution in [0.25, 0.3) is 5.57 Å². The molecule has 0 aliphatic carbocycles. The predicted molar refractivity (Wildman–Crippen MR) is 57.8 cm³/mol. The number of hydrogen-bond donors (Lipinski definition) is 0. The number of allylic oxidation sites excluding steroid dienone is 1. The largest absolute Gasteiger partial charge is 0.269 e. The minimum Gasteiger partial charge on any atom is -0.269 e. The SMILES string of the molecule is C=C(C)c1cccc(C(C)(C)F)c1.F. The van der Waals surface area contributed by atoms with E-state index in [9.17, 15) is 4.39 Å². The van der Waals surface area contributed by atoms with E-state index >= 15 is 0 Å². The first kappa shape index (κ1) is 12.8. The summed E-state index contributed by atoms with van der Waals surface area (Å²) in [6.45, 7) is 8.87. The Morgan fingerprint density at radius 1 is 1.36 bits per heavy atom. The van der Waals surface area contributed by atoms with Crippen LogP contribution < -0.4 is 0 Å². The van der Waals surface area contributed by atoms with Gasteiger partial charge in [-0.2, -0.15) is 0 Å². The third-order valence-electron chi connectivity index (χ3n) is 2.04. The van der Waals surface area contributed by atoms with E-state index in [1.807, 2.05) is 25.1 Å². The first-order valence-corrected chi connectivity index (χ1v) is 4.36. The highest BCUT2D eigenvalue weighted by atomic mass is 19.1. The molecule has 0 amide bonds. The summed E-state index contributed by atoms with van der Waals surface area (Å²) < 4.78 is 13.5. The summed E-state index contributed by atoms with van der Waals surface area (Å²) in [4.78, 5) is 0. The fourth-order valence-electron chi connectivity index (χ4n) is 1.15. The third kappa shape index (κ3) is 2.95. The standard InChI is InChI=1S/C12H15F.FH/c1-9(2)10-6-5-7-11(8-10)12(3,4)13;/h5-8H,1H2,2-4H3;1H. The van der Waals surface area contributed by atoms with Crippen LogP contribution in [0.4, 0.5) is 9.09 Å². The average molecular weight is 198 g/mol. The van der Waals surface area contributed by atoms with Crippen LogP contribution in [-0.4, -0.2) is 0 Å². The Morgan fingerprint density at radius 2 is 1.93 bits per heavy atom. The summed E-state index contributed by atoms with van der Waals surface area (Å²) in [5.74, 6) is 0. The van der Waals surface area contributed by atoms with Gasteiger partial charge in [-0.05, 0) is 38.0 Å². The van der Waals surface area contributed by atoms with Crippen molar-refractivity contribution in [1.29, 1.82) is 0 Å². The number of benzene rings is 1. The molecule has 1 rings (SSSR count). The smallest absolute Gasteiger partial charge is 0.130 e. The topological polar surface area (TPSA) is 0 Å². The first-order chi connectivity index (χ1) is 5.91. The fourth-order valence-corrected chi connectivity index (χ4v) is 1.15. The molecule has 2 heteroatoms. The van der Waals surface area contributed by atoms with Crippen molar-refractivity contribution in [3.05, 3.63) is 42.0 Å². The molecule has 0 heterocycles. The zero-order valence-corrected chi connectivity index (χ0v) is 8.80. The van der Waals surface area contributed by atoms with Crippen molar-refractivity contribution in [3.8, 4) is 0 Å². The highest BCUT2D eigenvalue weighted by molar-refractivity contribution is 5.62. The molecule has 14 heavy (non-hydrogen) atoms. The number of alkyl halides is 1. The molecule has 0 saturated carbocycles. The first-order valence-electron chi connectivity index (χ1n) is 4.36. The molecule has 0 unspecified atom stereocenters. The molecule has 1 aromatic carbocycles. The lowest BCUT2D eigenvalue weighted by Crippen LogP contribution is -2.08. The Hall–Kier alpha value is -1.18. The van der Waals surface area contributed by atoms with E-state index < -0.39 is 5.67 Å². The van der Waals surface area contributed by atoms with E-state index in [1.165, 1.54) is 0 Å². The van der Waals surface area contributed by atoms with E-state index in [1.54, 1.807) is 19.9 Å². The van der Waals surface area contributed by atoms with Crippen molar-refractivity contribution in [1.82, 2.24) is 0 Å². The Balaban J connectivity index is 0.00000169. The second kappa shape index (κ2) is 4.36. The molecule has 0 aliphatic rings. The Morgan fingerprint density at radius 3 is 2.36 bits per heavy atom. The van der Waals surface area contributed by atoms with Crippen LogP contribution >= 0.6 is 0 Å². The van der Waals surface area contributed by atoms with Crippen molar-refractivity contribution < 1.29 is 9.09 Å². The van der Waals surface area contributed by atoms with E-state index in [0.717, 1.165) is 11.1 Å². The van der Waals surface area contributed by atoms with Gasteiger partial charge < -0.3 is 0 Å². The van der Waals surface area contributed by atoms with Gasteiger partial charge in [-0.1, -0.05) is 30.4 Å². The minimum atomic E-state index is -1.27. The van der Waals surface area contributed by atoms with Gasteiger partial charge in [0.05, 0.1) is 0 Å². The van der Waals surface area contributed by atoms with Crippen molar-refractivity contribution in [3.63, 3.8) is 0 Å². The highest BCUT2D eigenvalue weighted by Gasteiger charge is 2.18. The van der Waals surface area contributed by atoms with Gasteiger partial charge in [-0.3, -0.25) is 4.70 Å². The quantitative estimate of drug-likeness (QED) is 0.671. The van der Waals surface area contributed by atoms with Crippen molar-refractivity contribution in [2.24, 2.45) is 0 Å². The summed E-state index contributed by atoms with van der Waals surface area (Å²) in [5.41, 5.74) is 1.40. The second-order valence-corrected chi connectivity index (χ2v) is 3.83. The van der Waals surface area contributed by atoms with Crippen LogP contribution in [0.1, 0.15) is 31.9 Å². The fraction of sp³-hybridized carbons (Fsp3) is 0.333. The Labute approximate surface area is 83.8 Å². The van der Waals surface area contributed by atoms with Crippen LogP contribution in [0.2, 0.25) is 0 Å². The third-order valence-corrected chi connectivity index (χ3v) is 2.04. The van der Waals surface area contributed by atoms with Crippen molar-refractivity contribution in [2.45, 2.75) is 26.4 Å². The van der Waals surface area contributed by atoms with Crippen LogP contribution in [0.3, 0.4) is 0 Å². The zero-order valence-electron chi connectivity index (χ0n) is 8.80. The lowest BCUT2D eigenvalue weighted by atomic mass is 9.96. The molecular weight excluding hydrogens is 182 g/mol. The molecule has 0 radical (unpaired) electrons. The second-order valence-electron chi connectivity index (χ2n) is 3.83. The van der Waals surface area contributed by atoms with E-state index in [-0.39, 0.29) is 4.70 Å². The molecule has 0 nitrogen and oxygen atoms in total. The summed E-state index contributed by atoms with van der Waals surface area (Å²) in [7, 11) is 0. The van der Waals surface area contributed by atoms with Crippen LogP contribution in [0.15, 0.2) is 30.8 Å². The summed E-state index contributed by atoms with van der Waals surface area (Å²) in [6.07, 6.45) is 0. The molecule has 0 aromatic heterocycles. The Kier molecular flexibility index (Phi) is 3.99. The lowest BCUT2D eigenvalue weighted by Gasteiger charge is -2.15. The molecule has 0 N–H and O–H groups in total. The molecule has 0 aliphatic heterocycles. The van der Waals surface area contributed by atoms with Gasteiger partial charge in [0.2, 0.25) is 0 Å². The van der Waals surface area contributed by atoms with Gasteiger partial charge >= 0.3 is 0 Å². The lowest BCUT2D eigenvalue weighted by molar-refractivity contribution is 0.221. The average Bonchev–Trinajstić information content (AvgIpc) is 2.03. The van der Waals surface area contributed by atoms with Gasteiger partial charge in [0.1, 0.15) is 5.67 Å². The van der Waals surface area contributed by atoms with Crippen molar-refractivity contribution in [2.75, 3.05) is 0 Å². The summed E-state index contributed by atoms with van der Waals surface area (Å²) in [5, 5.41) is 0. The van der Waals surface area contributed by atoms with Gasteiger partial charge in [0.15, 0.2) is 0 Å². The molecular formula is C12H16F2. The normalized spacial score (nSPS) is 10.6. The number of rotatable bonds is 2. The highest BCUT2D eigenvalue weighted by Crippen LogP contribution is 2.26. The minimum absolute atomic E-state index is 0. The van der Waals surface area contributed by atoms with Crippen LogP contribution in [0, 0.1) is 0 Å². The van der Waals surface area contributed by atoms with Gasteiger partial charge in [0.25, 0.3) is 0 Å². The molecule has 0 bridgehead atoms. The predicted octanol–water partition coefficient (Wildman–Crippen LogP) is 4.08. The maximum absolute atomic E-state index is 13.5. The van der Waals surface area contributed by atoms with Gasteiger partial charge in [0, 0.05) is 0 Å². The van der Waals surface area contributed by atoms with Crippen LogP contribution in [0.5, 0.6) is 0 Å². The van der Waals surface area contributed by atoms with E-state index in [2.05, 4.69) is 6.58 Å². The van der Waals surface area contributed by atoms with Gasteiger partial charge in [-0.15, -0.1) is 0 Å². The monoisotopic (exact) mass is 198 g/mol. The molecule has 0 atom stereocenters. The Bertz CT molecular complexity index is 321. The van der Waals surface area contributed by atoms with E-state index in [4.69, 9.17) is 0 Å². The molecule has 1 aromatic rings. The number of halogens is 2. The van der Waals surface area contributed by atoms with Gasteiger partial charge in [-0.25, -0.2) is 4.39 Å². The molecule has 0 fully saturated rings. The maximum Gasteiger partial charge on any atom is 0.130 e. The van der Waals surface area contributed by atoms with Crippen LogP contribution in [-0.2, 0) is 5.67 Å². The summed E-state index contributed by atoms with van der Waals surface area (Å²) >= 11 is 0. The maximum atomic E-state index is 13.5. The molecule has 0 saturated heterocycles. The van der Waals surface area contributed by atoms with E-state index in [0.29, 0.717) is 5.56 Å².